The Balaban J connectivity index is 2.38. The van der Waals surface area contributed by atoms with E-state index < -0.39 is 11.8 Å². The number of nitrogens with two attached hydrogens (primary N) is 1. The minimum atomic E-state index is -0.486. The minimum absolute atomic E-state index is 0.123. The maximum atomic E-state index is 12.3. The van der Waals surface area contributed by atoms with Crippen molar-refractivity contribution in [1.82, 2.24) is 5.32 Å². The molecule has 1 heterocycles. The highest BCUT2D eigenvalue weighted by atomic mass is 16.5. The molecule has 128 valence electrons. The van der Waals surface area contributed by atoms with E-state index >= 15 is 0 Å². The van der Waals surface area contributed by atoms with Crippen molar-refractivity contribution in [3.8, 4) is 11.5 Å². The third-order valence-electron chi connectivity index (χ3n) is 3.19. The van der Waals surface area contributed by atoms with Gasteiger partial charge in [0.1, 0.15) is 0 Å². The molecule has 8 nitrogen and oxygen atoms in total. The molecule has 4 N–H and O–H groups in total. The van der Waals surface area contributed by atoms with Crippen LogP contribution in [0.5, 0.6) is 11.5 Å². The van der Waals surface area contributed by atoms with Crippen LogP contribution in [-0.4, -0.2) is 39.1 Å². The number of nitrogens with one attached hydrogen (secondary N) is 2. The lowest BCUT2D eigenvalue weighted by molar-refractivity contribution is 0.0955. The smallest absolute Gasteiger partial charge is 0.291 e. The Labute approximate surface area is 138 Å². The van der Waals surface area contributed by atoms with E-state index in [0.717, 1.165) is 0 Å². The van der Waals surface area contributed by atoms with Crippen molar-refractivity contribution in [3.05, 3.63) is 41.9 Å². The first-order valence-corrected chi connectivity index (χ1v) is 7.19. The topological polar surface area (TPSA) is 116 Å². The molecule has 1 aromatic carbocycles. The first-order chi connectivity index (χ1) is 11.6. The van der Waals surface area contributed by atoms with Crippen molar-refractivity contribution < 1.29 is 23.5 Å². The van der Waals surface area contributed by atoms with Crippen molar-refractivity contribution >= 4 is 17.5 Å². The van der Waals surface area contributed by atoms with Gasteiger partial charge in [-0.3, -0.25) is 9.59 Å². The van der Waals surface area contributed by atoms with Crippen LogP contribution in [0.15, 0.2) is 34.9 Å². The second kappa shape index (κ2) is 8.02. The number of anilines is 1. The van der Waals surface area contributed by atoms with E-state index in [0.29, 0.717) is 24.6 Å². The second-order valence-electron chi connectivity index (χ2n) is 4.73. The van der Waals surface area contributed by atoms with Gasteiger partial charge < -0.3 is 30.3 Å². The zero-order valence-electron chi connectivity index (χ0n) is 13.4. The average molecular weight is 333 g/mol. The zero-order chi connectivity index (χ0) is 17.5. The molecular weight excluding hydrogens is 314 g/mol. The highest BCUT2D eigenvalue weighted by Crippen LogP contribution is 2.33. The van der Waals surface area contributed by atoms with Crippen LogP contribution >= 0.6 is 0 Å². The quantitative estimate of drug-likeness (QED) is 0.702. The number of benzene rings is 1. The lowest BCUT2D eigenvalue weighted by Gasteiger charge is -2.15. The number of furan rings is 1. The molecule has 2 amide bonds. The summed E-state index contributed by atoms with van der Waals surface area (Å²) in [7, 11) is 2.92. The average Bonchev–Trinajstić information content (AvgIpc) is 3.13. The Morgan fingerprint density at radius 2 is 1.88 bits per heavy atom. The number of ether oxygens (including phenoxy) is 2. The van der Waals surface area contributed by atoms with Crippen LogP contribution in [0.2, 0.25) is 0 Å². The van der Waals surface area contributed by atoms with E-state index in [1.54, 1.807) is 6.07 Å². The Kier molecular flexibility index (Phi) is 5.80. The number of hydrogen-bond donors (Lipinski definition) is 3. The summed E-state index contributed by atoms with van der Waals surface area (Å²) in [6, 6.07) is 6.11. The largest absolute Gasteiger partial charge is 0.493 e. The van der Waals surface area contributed by atoms with Gasteiger partial charge >= 0.3 is 0 Å². The van der Waals surface area contributed by atoms with Crippen molar-refractivity contribution in [2.24, 2.45) is 5.73 Å². The summed E-state index contributed by atoms with van der Waals surface area (Å²) >= 11 is 0. The van der Waals surface area contributed by atoms with Crippen LogP contribution in [0.4, 0.5) is 5.69 Å². The van der Waals surface area contributed by atoms with E-state index in [-0.39, 0.29) is 17.0 Å². The molecule has 0 bridgehead atoms. The highest BCUT2D eigenvalue weighted by molar-refractivity contribution is 6.08. The van der Waals surface area contributed by atoms with Crippen LogP contribution in [0.1, 0.15) is 20.9 Å². The second-order valence-corrected chi connectivity index (χ2v) is 4.73. The van der Waals surface area contributed by atoms with Gasteiger partial charge in [-0.25, -0.2) is 0 Å². The number of carbonyl (C=O) groups is 2. The van der Waals surface area contributed by atoms with Gasteiger partial charge in [0.15, 0.2) is 17.3 Å². The van der Waals surface area contributed by atoms with Crippen molar-refractivity contribution in [1.29, 1.82) is 0 Å². The lowest BCUT2D eigenvalue weighted by atomic mass is 10.1. The molecule has 0 atom stereocenters. The van der Waals surface area contributed by atoms with Gasteiger partial charge in [0.25, 0.3) is 11.8 Å². The molecule has 0 aliphatic heterocycles. The van der Waals surface area contributed by atoms with Crippen LogP contribution in [0.3, 0.4) is 0 Å². The number of hydrogen-bond acceptors (Lipinski definition) is 6. The van der Waals surface area contributed by atoms with Crippen molar-refractivity contribution in [2.75, 3.05) is 32.6 Å². The molecule has 0 unspecified atom stereocenters. The minimum Gasteiger partial charge on any atom is -0.493 e. The predicted octanol–water partition coefficient (Wildman–Crippen LogP) is 1.24. The van der Waals surface area contributed by atoms with E-state index in [1.807, 2.05) is 0 Å². The van der Waals surface area contributed by atoms with Crippen LogP contribution < -0.4 is 25.8 Å². The van der Waals surface area contributed by atoms with Crippen molar-refractivity contribution in [3.63, 3.8) is 0 Å². The van der Waals surface area contributed by atoms with Gasteiger partial charge in [-0.15, -0.1) is 0 Å². The fraction of sp³-hybridized carbons (Fsp3) is 0.250. The standard InChI is InChI=1S/C16H19N3O5/c1-22-13-8-10(15(20)18-6-5-17)11(9-14(13)23-2)19-16(21)12-4-3-7-24-12/h3-4,7-9H,5-6,17H2,1-2H3,(H,18,20)(H,19,21). The van der Waals surface area contributed by atoms with Crippen LogP contribution in [0, 0.1) is 0 Å². The summed E-state index contributed by atoms with van der Waals surface area (Å²) in [4.78, 5) is 24.5. The summed E-state index contributed by atoms with van der Waals surface area (Å²) in [6.07, 6.45) is 1.39. The molecule has 0 fully saturated rings. The van der Waals surface area contributed by atoms with Gasteiger partial charge in [0, 0.05) is 19.2 Å². The molecule has 0 aliphatic carbocycles. The molecule has 0 spiro atoms. The molecule has 1 aromatic heterocycles. The van der Waals surface area contributed by atoms with Gasteiger partial charge in [0.2, 0.25) is 0 Å². The van der Waals surface area contributed by atoms with Gasteiger partial charge in [-0.05, 0) is 18.2 Å². The number of rotatable bonds is 7. The monoisotopic (exact) mass is 333 g/mol. The third-order valence-corrected chi connectivity index (χ3v) is 3.19. The number of carbonyl (C=O) groups excluding carboxylic acids is 2. The summed E-state index contributed by atoms with van der Waals surface area (Å²) < 4.78 is 15.5. The van der Waals surface area contributed by atoms with Gasteiger partial charge in [0.05, 0.1) is 31.7 Å². The van der Waals surface area contributed by atoms with E-state index in [2.05, 4.69) is 10.6 Å². The molecule has 8 heteroatoms. The fourth-order valence-electron chi connectivity index (χ4n) is 2.04. The fourth-order valence-corrected chi connectivity index (χ4v) is 2.04. The normalized spacial score (nSPS) is 10.1. The molecule has 0 saturated heterocycles. The molecule has 0 radical (unpaired) electrons. The Morgan fingerprint density at radius 1 is 1.17 bits per heavy atom. The molecule has 0 saturated carbocycles. The maximum Gasteiger partial charge on any atom is 0.291 e. The summed E-state index contributed by atoms with van der Waals surface area (Å²) in [5.74, 6) is -0.0108. The summed E-state index contributed by atoms with van der Waals surface area (Å²) in [5, 5.41) is 5.29. The first kappa shape index (κ1) is 17.4. The Hall–Kier alpha value is -3.00. The van der Waals surface area contributed by atoms with Gasteiger partial charge in [-0.2, -0.15) is 0 Å². The highest BCUT2D eigenvalue weighted by Gasteiger charge is 2.19. The Morgan fingerprint density at radius 3 is 2.46 bits per heavy atom. The Bertz CT molecular complexity index is 713. The third kappa shape index (κ3) is 3.85. The molecule has 2 aromatic rings. The van der Waals surface area contributed by atoms with E-state index in [9.17, 15) is 9.59 Å². The van der Waals surface area contributed by atoms with Gasteiger partial charge in [-0.1, -0.05) is 0 Å². The summed E-state index contributed by atoms with van der Waals surface area (Å²) in [5.41, 5.74) is 5.89. The SMILES string of the molecule is COc1cc(NC(=O)c2ccco2)c(C(=O)NCCN)cc1OC. The molecule has 24 heavy (non-hydrogen) atoms. The first-order valence-electron chi connectivity index (χ1n) is 7.19. The van der Waals surface area contributed by atoms with Crippen LogP contribution in [0.25, 0.3) is 0 Å². The van der Waals surface area contributed by atoms with E-state index in [1.165, 1.54) is 38.7 Å². The summed E-state index contributed by atoms with van der Waals surface area (Å²) in [6.45, 7) is 0.603. The van der Waals surface area contributed by atoms with Crippen molar-refractivity contribution in [2.45, 2.75) is 0 Å². The number of methoxy groups -OCH3 is 2. The molecular formula is C16H19N3O5. The zero-order valence-corrected chi connectivity index (χ0v) is 13.4. The van der Waals surface area contributed by atoms with Crippen LogP contribution in [-0.2, 0) is 0 Å². The lowest BCUT2D eigenvalue weighted by Crippen LogP contribution is -2.30. The predicted molar refractivity (Wildman–Crippen MR) is 87.6 cm³/mol. The van der Waals surface area contributed by atoms with E-state index in [4.69, 9.17) is 19.6 Å². The maximum absolute atomic E-state index is 12.3. The number of amides is 2. The molecule has 0 aliphatic rings. The molecule has 2 rings (SSSR count).